The van der Waals surface area contributed by atoms with Crippen LogP contribution in [0.2, 0.25) is 0 Å². The molecule has 0 aliphatic carbocycles. The van der Waals surface area contributed by atoms with Gasteiger partial charge in [0.1, 0.15) is 12.0 Å². The third-order valence-corrected chi connectivity index (χ3v) is 4.03. The number of rotatable bonds is 5. The van der Waals surface area contributed by atoms with Crippen LogP contribution in [0.5, 0.6) is 0 Å². The van der Waals surface area contributed by atoms with E-state index in [4.69, 9.17) is 13.5 Å². The van der Waals surface area contributed by atoms with Gasteiger partial charge in [0.15, 0.2) is 5.89 Å². The number of aryl methyl sites for hydroxylation is 1. The van der Waals surface area contributed by atoms with Gasteiger partial charge in [-0.3, -0.25) is 4.57 Å². The minimum Gasteiger partial charge on any atom is -0.449 e. The Hall–Kier alpha value is -0.900. The van der Waals surface area contributed by atoms with Crippen LogP contribution < -0.4 is 0 Å². The Bertz CT molecular complexity index is 416. The number of hydrogen-bond acceptors (Lipinski definition) is 5. The van der Waals surface area contributed by atoms with Crippen molar-refractivity contribution in [2.24, 2.45) is 0 Å². The Morgan fingerprint density at radius 1 is 1.56 bits per heavy atom. The molecule has 0 unspecified atom stereocenters. The highest BCUT2D eigenvalue weighted by atomic mass is 31.2. The molecule has 0 spiro atoms. The zero-order valence-corrected chi connectivity index (χ0v) is 10.8. The van der Waals surface area contributed by atoms with Crippen molar-refractivity contribution < 1.29 is 18.0 Å². The van der Waals surface area contributed by atoms with E-state index in [9.17, 15) is 4.57 Å². The fraction of sp³-hybridized carbons (Fsp3) is 0.500. The van der Waals surface area contributed by atoms with Gasteiger partial charge in [0.2, 0.25) is 0 Å². The first-order chi connectivity index (χ1) is 7.49. The normalized spacial score (nSPS) is 13.1. The molecular formula is C10H16NO4P. The summed E-state index contributed by atoms with van der Waals surface area (Å²) in [6.07, 6.45) is 3.58. The van der Waals surface area contributed by atoms with Gasteiger partial charge in [-0.15, -0.1) is 0 Å². The molecule has 0 aliphatic rings. The predicted molar refractivity (Wildman–Crippen MR) is 61.4 cm³/mol. The minimum atomic E-state index is -2.99. The molecule has 0 amide bonds. The van der Waals surface area contributed by atoms with E-state index < -0.39 is 7.60 Å². The second-order valence-electron chi connectivity index (χ2n) is 3.42. The van der Waals surface area contributed by atoms with Crippen LogP contribution in [0.4, 0.5) is 0 Å². The van der Waals surface area contributed by atoms with Gasteiger partial charge in [0, 0.05) is 21.1 Å². The Balaban J connectivity index is 2.75. The van der Waals surface area contributed by atoms with Crippen LogP contribution in [0.3, 0.4) is 0 Å². The van der Waals surface area contributed by atoms with Crippen LogP contribution in [-0.2, 0) is 13.6 Å². The molecule has 90 valence electrons. The number of hydrogen-bond donors (Lipinski definition) is 0. The maximum Gasteiger partial charge on any atom is 0.334 e. The zero-order chi connectivity index (χ0) is 12.2. The average Bonchev–Trinajstić information content (AvgIpc) is 2.63. The topological polar surface area (TPSA) is 61.6 Å². The molecular weight excluding hydrogens is 229 g/mol. The van der Waals surface area contributed by atoms with E-state index in [1.165, 1.54) is 14.2 Å². The molecule has 0 aliphatic heterocycles. The Morgan fingerprint density at radius 2 is 2.19 bits per heavy atom. The van der Waals surface area contributed by atoms with Crippen LogP contribution >= 0.6 is 7.60 Å². The summed E-state index contributed by atoms with van der Waals surface area (Å²) in [7, 11) is -0.248. The van der Waals surface area contributed by atoms with Crippen LogP contribution in [0, 0.1) is 6.92 Å². The van der Waals surface area contributed by atoms with Gasteiger partial charge in [-0.1, -0.05) is 5.57 Å². The lowest BCUT2D eigenvalue weighted by Crippen LogP contribution is -1.96. The number of oxazole rings is 1. The van der Waals surface area contributed by atoms with Crippen LogP contribution in [0.1, 0.15) is 18.5 Å². The Labute approximate surface area is 95.0 Å². The third-order valence-electron chi connectivity index (χ3n) is 2.03. The van der Waals surface area contributed by atoms with Gasteiger partial charge in [0.05, 0.1) is 6.16 Å². The second kappa shape index (κ2) is 5.43. The molecule has 6 heteroatoms. The Morgan fingerprint density at radius 3 is 2.62 bits per heavy atom. The molecule has 16 heavy (non-hydrogen) atoms. The summed E-state index contributed by atoms with van der Waals surface area (Å²) < 4.78 is 26.6. The lowest BCUT2D eigenvalue weighted by atomic mass is 10.3. The molecule has 0 saturated heterocycles. The number of aromatic nitrogens is 1. The molecule has 0 atom stereocenters. The van der Waals surface area contributed by atoms with E-state index in [-0.39, 0.29) is 6.16 Å². The molecule has 1 aromatic rings. The summed E-state index contributed by atoms with van der Waals surface area (Å²) in [5.41, 5.74) is 1.56. The quantitative estimate of drug-likeness (QED) is 0.746. The lowest BCUT2D eigenvalue weighted by molar-refractivity contribution is 0.278. The molecule has 0 bridgehead atoms. The van der Waals surface area contributed by atoms with Gasteiger partial charge < -0.3 is 13.5 Å². The van der Waals surface area contributed by atoms with E-state index in [0.717, 1.165) is 5.57 Å². The van der Waals surface area contributed by atoms with Crippen LogP contribution in [-0.4, -0.2) is 25.4 Å². The first kappa shape index (κ1) is 13.2. The smallest absolute Gasteiger partial charge is 0.334 e. The largest absolute Gasteiger partial charge is 0.449 e. The molecule has 0 aromatic carbocycles. The predicted octanol–water partition coefficient (Wildman–Crippen LogP) is 2.87. The van der Waals surface area contributed by atoms with Gasteiger partial charge in [0.25, 0.3) is 0 Å². The molecule has 1 heterocycles. The molecule has 1 aromatic heterocycles. The maximum absolute atomic E-state index is 11.8. The molecule has 0 saturated carbocycles. The Kier molecular flexibility index (Phi) is 4.47. The van der Waals surface area contributed by atoms with Crippen molar-refractivity contribution in [3.05, 3.63) is 23.4 Å². The summed E-state index contributed by atoms with van der Waals surface area (Å²) in [5.74, 6) is 0.598. The molecule has 1 rings (SSSR count). The second-order valence-corrected chi connectivity index (χ2v) is 5.68. The van der Waals surface area contributed by atoms with Crippen molar-refractivity contribution in [1.29, 1.82) is 0 Å². The van der Waals surface area contributed by atoms with Crippen molar-refractivity contribution in [1.82, 2.24) is 4.98 Å². The van der Waals surface area contributed by atoms with E-state index in [0.29, 0.717) is 11.6 Å². The summed E-state index contributed by atoms with van der Waals surface area (Å²) >= 11 is 0. The first-order valence-electron chi connectivity index (χ1n) is 4.79. The van der Waals surface area contributed by atoms with Crippen molar-refractivity contribution in [2.75, 3.05) is 20.4 Å². The van der Waals surface area contributed by atoms with Crippen LogP contribution in [0.25, 0.3) is 6.08 Å². The highest BCUT2D eigenvalue weighted by Gasteiger charge is 2.21. The highest BCUT2D eigenvalue weighted by Crippen LogP contribution is 2.47. The van der Waals surface area contributed by atoms with Crippen LogP contribution in [0.15, 0.2) is 16.3 Å². The van der Waals surface area contributed by atoms with E-state index in [1.54, 1.807) is 19.3 Å². The lowest BCUT2D eigenvalue weighted by Gasteiger charge is -2.13. The zero-order valence-electron chi connectivity index (χ0n) is 9.89. The van der Waals surface area contributed by atoms with Gasteiger partial charge in [-0.2, -0.15) is 0 Å². The van der Waals surface area contributed by atoms with E-state index >= 15 is 0 Å². The van der Waals surface area contributed by atoms with Gasteiger partial charge in [-0.25, -0.2) is 4.98 Å². The van der Waals surface area contributed by atoms with Crippen molar-refractivity contribution in [2.45, 2.75) is 13.8 Å². The third kappa shape index (κ3) is 3.59. The van der Waals surface area contributed by atoms with Crippen molar-refractivity contribution in [3.63, 3.8) is 0 Å². The monoisotopic (exact) mass is 245 g/mol. The average molecular weight is 245 g/mol. The first-order valence-corrected chi connectivity index (χ1v) is 6.51. The van der Waals surface area contributed by atoms with Crippen molar-refractivity contribution >= 4 is 13.7 Å². The number of allylic oxidation sites excluding steroid dienone is 1. The van der Waals surface area contributed by atoms with E-state index in [2.05, 4.69) is 4.98 Å². The molecule has 5 nitrogen and oxygen atoms in total. The van der Waals surface area contributed by atoms with Crippen molar-refractivity contribution in [3.8, 4) is 0 Å². The SMILES string of the molecule is COP(=O)(C/C(C)=C\c1coc(C)n1)OC. The molecule has 0 radical (unpaired) electrons. The fourth-order valence-electron chi connectivity index (χ4n) is 1.25. The molecule has 0 N–H and O–H groups in total. The van der Waals surface area contributed by atoms with E-state index in [1.807, 2.05) is 6.92 Å². The summed E-state index contributed by atoms with van der Waals surface area (Å²) in [6, 6.07) is 0. The van der Waals surface area contributed by atoms with Gasteiger partial charge in [-0.05, 0) is 13.0 Å². The fourth-order valence-corrected chi connectivity index (χ4v) is 2.36. The molecule has 0 fully saturated rings. The standard InChI is InChI=1S/C10H16NO4P/c1-8(7-16(12,13-3)14-4)5-10-6-15-9(2)11-10/h5-6H,7H2,1-4H3/b8-5-. The summed E-state index contributed by atoms with van der Waals surface area (Å²) in [4.78, 5) is 4.12. The highest BCUT2D eigenvalue weighted by molar-refractivity contribution is 7.54. The van der Waals surface area contributed by atoms with Gasteiger partial charge >= 0.3 is 7.60 Å². The summed E-state index contributed by atoms with van der Waals surface area (Å²) in [6.45, 7) is 3.61. The number of nitrogens with zero attached hydrogens (tertiary/aromatic N) is 1. The summed E-state index contributed by atoms with van der Waals surface area (Å²) in [5, 5.41) is 0. The maximum atomic E-state index is 11.8. The minimum absolute atomic E-state index is 0.242.